The maximum atomic E-state index is 13.6. The summed E-state index contributed by atoms with van der Waals surface area (Å²) in [4.78, 5) is 28.4. The molecule has 6 heteroatoms. The lowest BCUT2D eigenvalue weighted by atomic mass is 10.0. The number of methoxy groups -OCH3 is 1. The highest BCUT2D eigenvalue weighted by Gasteiger charge is 2.40. The Hall–Kier alpha value is -4.06. The third-order valence-corrected chi connectivity index (χ3v) is 5.34. The molecular weight excluding hydrogens is 416 g/mol. The molecule has 1 heterocycles. The minimum absolute atomic E-state index is 0.202. The lowest BCUT2D eigenvalue weighted by Crippen LogP contribution is -2.32. The zero-order valence-electron chi connectivity index (χ0n) is 18.9. The number of carbonyl (C=O) groups excluding carboxylic acids is 2. The molecule has 3 aromatic carbocycles. The highest BCUT2D eigenvalue weighted by molar-refractivity contribution is 6.46. The molecule has 1 N–H and O–H groups in total. The number of benzene rings is 3. The average Bonchev–Trinajstić information content (AvgIpc) is 3.08. The van der Waals surface area contributed by atoms with Crippen LogP contribution in [0, 0.1) is 6.92 Å². The predicted molar refractivity (Wildman–Crippen MR) is 129 cm³/mol. The van der Waals surface area contributed by atoms with Crippen molar-refractivity contribution in [2.75, 3.05) is 23.9 Å². The number of ether oxygens (including phenoxy) is 2. The molecule has 0 saturated heterocycles. The molecule has 168 valence electrons. The zero-order valence-corrected chi connectivity index (χ0v) is 18.9. The molecule has 0 fully saturated rings. The van der Waals surface area contributed by atoms with Crippen LogP contribution in [-0.2, 0) is 9.59 Å². The molecule has 0 radical (unpaired) electrons. The summed E-state index contributed by atoms with van der Waals surface area (Å²) in [6, 6.07) is 21.8. The molecule has 0 unspecified atom stereocenters. The van der Waals surface area contributed by atoms with Gasteiger partial charge in [-0.1, -0.05) is 55.0 Å². The van der Waals surface area contributed by atoms with E-state index in [1.807, 2.05) is 56.3 Å². The Labute approximate surface area is 193 Å². The van der Waals surface area contributed by atoms with Gasteiger partial charge in [-0.05, 0) is 43.2 Å². The molecule has 6 nitrogen and oxygen atoms in total. The molecule has 2 amide bonds. The van der Waals surface area contributed by atoms with Gasteiger partial charge in [-0.3, -0.25) is 9.59 Å². The minimum Gasteiger partial charge on any atom is -0.495 e. The number of aryl methyl sites for hydroxylation is 1. The van der Waals surface area contributed by atoms with Crippen molar-refractivity contribution in [2.24, 2.45) is 0 Å². The van der Waals surface area contributed by atoms with E-state index >= 15 is 0 Å². The van der Waals surface area contributed by atoms with Crippen LogP contribution in [-0.4, -0.2) is 25.5 Å². The third-order valence-electron chi connectivity index (χ3n) is 5.34. The lowest BCUT2D eigenvalue weighted by molar-refractivity contribution is -0.120. The first-order valence-corrected chi connectivity index (χ1v) is 10.9. The molecule has 1 aliphatic rings. The largest absolute Gasteiger partial charge is 0.495 e. The molecule has 3 aromatic rings. The van der Waals surface area contributed by atoms with E-state index in [0.717, 1.165) is 12.0 Å². The number of carbonyl (C=O) groups is 2. The van der Waals surface area contributed by atoms with Gasteiger partial charge >= 0.3 is 0 Å². The Bertz CT molecular complexity index is 1210. The maximum absolute atomic E-state index is 13.6. The fraction of sp³-hybridized carbons (Fsp3) is 0.185. The lowest BCUT2D eigenvalue weighted by Gasteiger charge is -2.17. The van der Waals surface area contributed by atoms with Gasteiger partial charge in [0.1, 0.15) is 17.2 Å². The second-order valence-electron chi connectivity index (χ2n) is 7.73. The topological polar surface area (TPSA) is 67.9 Å². The number of imide groups is 1. The van der Waals surface area contributed by atoms with E-state index in [0.29, 0.717) is 40.6 Å². The Morgan fingerprint density at radius 3 is 2.39 bits per heavy atom. The first-order valence-electron chi connectivity index (χ1n) is 10.9. The zero-order chi connectivity index (χ0) is 23.4. The van der Waals surface area contributed by atoms with Crippen molar-refractivity contribution in [1.29, 1.82) is 0 Å². The van der Waals surface area contributed by atoms with Gasteiger partial charge in [0.05, 0.1) is 30.7 Å². The molecule has 0 atom stereocenters. The summed E-state index contributed by atoms with van der Waals surface area (Å²) in [7, 11) is 1.56. The molecule has 0 aromatic heterocycles. The van der Waals surface area contributed by atoms with Gasteiger partial charge in [0.15, 0.2) is 0 Å². The fourth-order valence-corrected chi connectivity index (χ4v) is 3.68. The normalized spacial score (nSPS) is 13.5. The van der Waals surface area contributed by atoms with Crippen molar-refractivity contribution in [1.82, 2.24) is 0 Å². The smallest absolute Gasteiger partial charge is 0.282 e. The van der Waals surface area contributed by atoms with E-state index < -0.39 is 11.8 Å². The van der Waals surface area contributed by atoms with Crippen molar-refractivity contribution >= 4 is 28.8 Å². The summed E-state index contributed by atoms with van der Waals surface area (Å²) in [5, 5.41) is 3.16. The summed E-state index contributed by atoms with van der Waals surface area (Å²) in [5.41, 5.74) is 3.30. The van der Waals surface area contributed by atoms with Crippen LogP contribution in [0.4, 0.5) is 11.4 Å². The number of hydrogen-bond acceptors (Lipinski definition) is 5. The first kappa shape index (κ1) is 22.1. The highest BCUT2D eigenvalue weighted by Crippen LogP contribution is 2.36. The fourth-order valence-electron chi connectivity index (χ4n) is 3.68. The number of anilines is 2. The predicted octanol–water partition coefficient (Wildman–Crippen LogP) is 5.19. The van der Waals surface area contributed by atoms with Crippen LogP contribution in [0.1, 0.15) is 24.5 Å². The number of amides is 2. The Morgan fingerprint density at radius 1 is 0.909 bits per heavy atom. The molecule has 1 aliphatic heterocycles. The molecule has 0 aliphatic carbocycles. The molecule has 4 rings (SSSR count). The molecule has 0 bridgehead atoms. The Balaban J connectivity index is 1.78. The van der Waals surface area contributed by atoms with Crippen molar-refractivity contribution < 1.29 is 19.1 Å². The van der Waals surface area contributed by atoms with Gasteiger partial charge in [-0.15, -0.1) is 0 Å². The molecule has 0 saturated carbocycles. The Kier molecular flexibility index (Phi) is 6.45. The number of nitrogens with zero attached hydrogens (tertiary/aromatic N) is 1. The third kappa shape index (κ3) is 4.46. The molecule has 0 spiro atoms. The first-order chi connectivity index (χ1) is 16.0. The van der Waals surface area contributed by atoms with E-state index in [4.69, 9.17) is 9.47 Å². The Morgan fingerprint density at radius 2 is 1.67 bits per heavy atom. The van der Waals surface area contributed by atoms with E-state index in [1.165, 1.54) is 4.90 Å². The van der Waals surface area contributed by atoms with E-state index in [-0.39, 0.29) is 5.70 Å². The van der Waals surface area contributed by atoms with Crippen LogP contribution >= 0.6 is 0 Å². The summed E-state index contributed by atoms with van der Waals surface area (Å²) in [5.74, 6) is 0.350. The number of para-hydroxylation sites is 2. The van der Waals surface area contributed by atoms with Gasteiger partial charge in [-0.25, -0.2) is 4.90 Å². The SMILES string of the molecule is CCCOc1cccc(N2C(=O)C(Nc3ccccc3OC)=C(c3ccc(C)cc3)C2=O)c1. The summed E-state index contributed by atoms with van der Waals surface area (Å²) >= 11 is 0. The van der Waals surface area contributed by atoms with Gasteiger partial charge < -0.3 is 14.8 Å². The van der Waals surface area contributed by atoms with Gasteiger partial charge in [0, 0.05) is 6.07 Å². The number of rotatable bonds is 8. The summed E-state index contributed by atoms with van der Waals surface area (Å²) in [6.07, 6.45) is 0.859. The van der Waals surface area contributed by atoms with Crippen molar-refractivity contribution in [2.45, 2.75) is 20.3 Å². The van der Waals surface area contributed by atoms with E-state index in [1.54, 1.807) is 37.4 Å². The van der Waals surface area contributed by atoms with Crippen LogP contribution in [0.2, 0.25) is 0 Å². The quantitative estimate of drug-likeness (QED) is 0.487. The van der Waals surface area contributed by atoms with Gasteiger partial charge in [0.25, 0.3) is 11.8 Å². The molecular formula is C27H26N2O4. The monoisotopic (exact) mass is 442 g/mol. The second-order valence-corrected chi connectivity index (χ2v) is 7.73. The second kappa shape index (κ2) is 9.61. The molecule has 33 heavy (non-hydrogen) atoms. The number of hydrogen-bond donors (Lipinski definition) is 1. The van der Waals surface area contributed by atoms with Crippen LogP contribution in [0.5, 0.6) is 11.5 Å². The maximum Gasteiger partial charge on any atom is 0.282 e. The highest BCUT2D eigenvalue weighted by atomic mass is 16.5. The van der Waals surface area contributed by atoms with Crippen LogP contribution in [0.15, 0.2) is 78.5 Å². The minimum atomic E-state index is -0.436. The van der Waals surface area contributed by atoms with Crippen LogP contribution < -0.4 is 19.7 Å². The standard InChI is InChI=1S/C27H26N2O4/c1-4-16-33-21-9-7-8-20(17-21)29-26(30)24(19-14-12-18(2)13-15-19)25(27(29)31)28-22-10-5-6-11-23(22)32-3/h5-15,17,28H,4,16H2,1-3H3. The van der Waals surface area contributed by atoms with E-state index in [9.17, 15) is 9.59 Å². The van der Waals surface area contributed by atoms with Crippen molar-refractivity contribution in [3.8, 4) is 11.5 Å². The van der Waals surface area contributed by atoms with Gasteiger partial charge in [-0.2, -0.15) is 0 Å². The van der Waals surface area contributed by atoms with E-state index in [2.05, 4.69) is 5.32 Å². The average molecular weight is 443 g/mol. The van der Waals surface area contributed by atoms with Crippen LogP contribution in [0.25, 0.3) is 5.57 Å². The summed E-state index contributed by atoms with van der Waals surface area (Å²) in [6.45, 7) is 4.55. The van der Waals surface area contributed by atoms with Gasteiger partial charge in [0.2, 0.25) is 0 Å². The van der Waals surface area contributed by atoms with Crippen molar-refractivity contribution in [3.05, 3.63) is 89.6 Å². The van der Waals surface area contributed by atoms with Crippen molar-refractivity contribution in [3.63, 3.8) is 0 Å². The number of nitrogens with one attached hydrogen (secondary N) is 1. The van der Waals surface area contributed by atoms with Crippen LogP contribution in [0.3, 0.4) is 0 Å². The summed E-state index contributed by atoms with van der Waals surface area (Å²) < 4.78 is 11.1.